The quantitative estimate of drug-likeness (QED) is 0.926. The van der Waals surface area contributed by atoms with Gasteiger partial charge >= 0.3 is 5.97 Å². The fourth-order valence-electron chi connectivity index (χ4n) is 3.26. The van der Waals surface area contributed by atoms with Crippen molar-refractivity contribution in [2.75, 3.05) is 13.1 Å². The molecule has 6 nitrogen and oxygen atoms in total. The van der Waals surface area contributed by atoms with E-state index in [1.54, 1.807) is 37.5 Å². The lowest BCUT2D eigenvalue weighted by Gasteiger charge is -2.31. The van der Waals surface area contributed by atoms with Gasteiger partial charge in [0.2, 0.25) is 5.91 Å². The molecule has 1 unspecified atom stereocenters. The zero-order chi connectivity index (χ0) is 17.8. The molecule has 1 atom stereocenters. The molecule has 1 fully saturated rings. The number of carboxylic acids is 1. The summed E-state index contributed by atoms with van der Waals surface area (Å²) in [5, 5.41) is 8.98. The topological polar surface area (TPSA) is 83.4 Å². The van der Waals surface area contributed by atoms with Crippen molar-refractivity contribution in [1.29, 1.82) is 0 Å². The van der Waals surface area contributed by atoms with Gasteiger partial charge in [-0.05, 0) is 43.4 Å². The number of benzene rings is 1. The van der Waals surface area contributed by atoms with Gasteiger partial charge in [-0.15, -0.1) is 0 Å². The molecule has 2 heterocycles. The highest BCUT2D eigenvalue weighted by atomic mass is 16.4. The van der Waals surface area contributed by atoms with Gasteiger partial charge in [-0.3, -0.25) is 4.79 Å². The Hall–Kier alpha value is -2.76. The number of aromatic carboxylic acids is 1. The van der Waals surface area contributed by atoms with E-state index in [1.807, 2.05) is 11.0 Å². The van der Waals surface area contributed by atoms with Crippen LogP contribution < -0.4 is 0 Å². The van der Waals surface area contributed by atoms with Gasteiger partial charge in [-0.2, -0.15) is 0 Å². The number of hydrogen-bond donors (Lipinski definition) is 1. The van der Waals surface area contributed by atoms with Crippen molar-refractivity contribution < 1.29 is 14.7 Å². The first-order chi connectivity index (χ1) is 12.0. The average Bonchev–Trinajstić information content (AvgIpc) is 2.62. The molecule has 2 aromatic rings. The third kappa shape index (κ3) is 4.21. The molecule has 0 spiro atoms. The molecule has 1 aromatic heterocycles. The predicted molar refractivity (Wildman–Crippen MR) is 93.1 cm³/mol. The lowest BCUT2D eigenvalue weighted by molar-refractivity contribution is -0.130. The normalized spacial score (nSPS) is 17.3. The van der Waals surface area contributed by atoms with Crippen LogP contribution in [0, 0.1) is 5.92 Å². The second kappa shape index (κ2) is 7.42. The fraction of sp³-hybridized carbons (Fsp3) is 0.368. The molecule has 3 rings (SSSR count). The number of nitrogens with zero attached hydrogens (tertiary/aromatic N) is 3. The summed E-state index contributed by atoms with van der Waals surface area (Å²) < 4.78 is 0. The molecular formula is C19H21N3O3. The number of hydrogen-bond acceptors (Lipinski definition) is 4. The van der Waals surface area contributed by atoms with Gasteiger partial charge < -0.3 is 10.0 Å². The van der Waals surface area contributed by atoms with Crippen LogP contribution in [0.4, 0.5) is 0 Å². The van der Waals surface area contributed by atoms with Crippen molar-refractivity contribution in [2.24, 2.45) is 5.92 Å². The van der Waals surface area contributed by atoms with Crippen LogP contribution in [0.25, 0.3) is 11.3 Å². The molecule has 25 heavy (non-hydrogen) atoms. The van der Waals surface area contributed by atoms with E-state index in [1.165, 1.54) is 0 Å². The average molecular weight is 339 g/mol. The number of carbonyl (C=O) groups excluding carboxylic acids is 1. The van der Waals surface area contributed by atoms with Crippen LogP contribution in [0.15, 0.2) is 36.7 Å². The highest BCUT2D eigenvalue weighted by molar-refractivity contribution is 5.88. The smallest absolute Gasteiger partial charge is 0.335 e. The standard InChI is InChI=1S/C19H21N3O3/c1-13(23)22-8-2-3-14(11-22)9-17-10-18(21-12-20-17)15-4-6-16(7-5-15)19(24)25/h4-7,10,12,14H,2-3,8-9,11H2,1H3,(H,24,25). The lowest BCUT2D eigenvalue weighted by atomic mass is 9.93. The molecule has 0 bridgehead atoms. The number of rotatable bonds is 4. The Morgan fingerprint density at radius 3 is 2.68 bits per heavy atom. The summed E-state index contributed by atoms with van der Waals surface area (Å²) in [4.78, 5) is 33.1. The summed E-state index contributed by atoms with van der Waals surface area (Å²) in [5.41, 5.74) is 2.84. The molecule has 1 aromatic carbocycles. The van der Waals surface area contributed by atoms with E-state index in [-0.39, 0.29) is 11.5 Å². The number of piperidine rings is 1. The van der Waals surface area contributed by atoms with Gasteiger partial charge in [-0.1, -0.05) is 12.1 Å². The maximum absolute atomic E-state index is 11.6. The Kier molecular flexibility index (Phi) is 5.07. The molecule has 6 heteroatoms. The van der Waals surface area contributed by atoms with Crippen LogP contribution in [0.5, 0.6) is 0 Å². The van der Waals surface area contributed by atoms with Crippen LogP contribution in [0.1, 0.15) is 35.8 Å². The Labute approximate surface area is 146 Å². The van der Waals surface area contributed by atoms with E-state index in [0.717, 1.165) is 49.3 Å². The van der Waals surface area contributed by atoms with Crippen LogP contribution in [-0.2, 0) is 11.2 Å². The van der Waals surface area contributed by atoms with Gasteiger partial charge in [0.25, 0.3) is 0 Å². The summed E-state index contributed by atoms with van der Waals surface area (Å²) in [6.45, 7) is 3.24. The first kappa shape index (κ1) is 17.1. The third-order valence-electron chi connectivity index (χ3n) is 4.61. The molecule has 1 aliphatic heterocycles. The van der Waals surface area contributed by atoms with Crippen molar-refractivity contribution in [3.05, 3.63) is 47.9 Å². The molecular weight excluding hydrogens is 318 g/mol. The molecule has 0 radical (unpaired) electrons. The first-order valence-corrected chi connectivity index (χ1v) is 8.43. The zero-order valence-electron chi connectivity index (χ0n) is 14.2. The minimum atomic E-state index is -0.942. The Balaban J connectivity index is 1.73. The molecule has 1 amide bonds. The first-order valence-electron chi connectivity index (χ1n) is 8.43. The summed E-state index contributed by atoms with van der Waals surface area (Å²) in [6, 6.07) is 8.61. The molecule has 1 saturated heterocycles. The molecule has 0 aliphatic carbocycles. The Morgan fingerprint density at radius 1 is 1.24 bits per heavy atom. The lowest BCUT2D eigenvalue weighted by Crippen LogP contribution is -2.39. The van der Waals surface area contributed by atoms with Crippen LogP contribution >= 0.6 is 0 Å². The summed E-state index contributed by atoms with van der Waals surface area (Å²) in [6.07, 6.45) is 4.48. The van der Waals surface area contributed by atoms with Gasteiger partial charge in [0.1, 0.15) is 6.33 Å². The Bertz CT molecular complexity index is 774. The minimum Gasteiger partial charge on any atom is -0.478 e. The summed E-state index contributed by atoms with van der Waals surface area (Å²) in [5.74, 6) is -0.399. The molecule has 1 N–H and O–H groups in total. The summed E-state index contributed by atoms with van der Waals surface area (Å²) >= 11 is 0. The van der Waals surface area contributed by atoms with Crippen LogP contribution in [-0.4, -0.2) is 44.9 Å². The second-order valence-electron chi connectivity index (χ2n) is 6.45. The van der Waals surface area contributed by atoms with Gasteiger partial charge in [0.05, 0.1) is 11.3 Å². The van der Waals surface area contributed by atoms with Gasteiger partial charge in [0, 0.05) is 31.3 Å². The molecule has 1 aliphatic rings. The highest BCUT2D eigenvalue weighted by Crippen LogP contribution is 2.23. The van der Waals surface area contributed by atoms with E-state index in [4.69, 9.17) is 5.11 Å². The van der Waals surface area contributed by atoms with Gasteiger partial charge in [-0.25, -0.2) is 14.8 Å². The van der Waals surface area contributed by atoms with E-state index in [0.29, 0.717) is 5.92 Å². The van der Waals surface area contributed by atoms with Crippen LogP contribution in [0.3, 0.4) is 0 Å². The van der Waals surface area contributed by atoms with Crippen molar-refractivity contribution in [3.8, 4) is 11.3 Å². The third-order valence-corrected chi connectivity index (χ3v) is 4.61. The van der Waals surface area contributed by atoms with Gasteiger partial charge in [0.15, 0.2) is 0 Å². The number of likely N-dealkylation sites (tertiary alicyclic amines) is 1. The number of aromatic nitrogens is 2. The van der Waals surface area contributed by atoms with E-state index < -0.39 is 5.97 Å². The van der Waals surface area contributed by atoms with E-state index >= 15 is 0 Å². The zero-order valence-corrected chi connectivity index (χ0v) is 14.2. The van der Waals surface area contributed by atoms with Crippen molar-refractivity contribution >= 4 is 11.9 Å². The largest absolute Gasteiger partial charge is 0.478 e. The fourth-order valence-corrected chi connectivity index (χ4v) is 3.26. The van der Waals surface area contributed by atoms with E-state index in [9.17, 15) is 9.59 Å². The second-order valence-corrected chi connectivity index (χ2v) is 6.45. The SMILES string of the molecule is CC(=O)N1CCCC(Cc2cc(-c3ccc(C(=O)O)cc3)ncn2)C1. The number of carboxylic acid groups (broad SMARTS) is 1. The molecule has 0 saturated carbocycles. The Morgan fingerprint density at radius 2 is 2.00 bits per heavy atom. The van der Waals surface area contributed by atoms with Crippen molar-refractivity contribution in [1.82, 2.24) is 14.9 Å². The summed E-state index contributed by atoms with van der Waals surface area (Å²) in [7, 11) is 0. The van der Waals surface area contributed by atoms with Crippen LogP contribution in [0.2, 0.25) is 0 Å². The monoisotopic (exact) mass is 339 g/mol. The van der Waals surface area contributed by atoms with Crippen molar-refractivity contribution in [2.45, 2.75) is 26.2 Å². The van der Waals surface area contributed by atoms with E-state index in [2.05, 4.69) is 9.97 Å². The maximum Gasteiger partial charge on any atom is 0.335 e. The number of carbonyl (C=O) groups is 2. The highest BCUT2D eigenvalue weighted by Gasteiger charge is 2.22. The predicted octanol–water partition coefficient (Wildman–Crippen LogP) is 2.64. The minimum absolute atomic E-state index is 0.131. The number of amides is 1. The maximum atomic E-state index is 11.6. The molecule has 130 valence electrons. The van der Waals surface area contributed by atoms with Crippen molar-refractivity contribution in [3.63, 3.8) is 0 Å².